The standard InChI is InChI=1S/C24H28N4O3/c1-4-26-12-14-27(15-13-26)24(29)23-20(17-28(25-23)19-8-6-5-7-9-19)18-10-11-21(30-2)22(16-18)31-3/h5-11,16-17H,4,12-15H2,1-3H3. The first kappa shape index (κ1) is 20.9. The number of carbonyl (C=O) groups is 1. The molecule has 1 aliphatic rings. The molecule has 0 radical (unpaired) electrons. The average molecular weight is 421 g/mol. The lowest BCUT2D eigenvalue weighted by Crippen LogP contribution is -2.48. The second kappa shape index (κ2) is 9.22. The Morgan fingerprint density at radius 3 is 2.32 bits per heavy atom. The Bertz CT molecular complexity index is 1040. The molecule has 31 heavy (non-hydrogen) atoms. The number of piperazine rings is 1. The number of methoxy groups -OCH3 is 2. The van der Waals surface area contributed by atoms with E-state index in [4.69, 9.17) is 14.6 Å². The molecule has 2 heterocycles. The molecule has 0 bridgehead atoms. The third kappa shape index (κ3) is 4.27. The first-order chi connectivity index (χ1) is 15.1. The van der Waals surface area contributed by atoms with Crippen LogP contribution in [0.4, 0.5) is 0 Å². The number of aromatic nitrogens is 2. The van der Waals surface area contributed by atoms with Crippen LogP contribution in [0.5, 0.6) is 11.5 Å². The van der Waals surface area contributed by atoms with Crippen molar-refractivity contribution in [1.82, 2.24) is 19.6 Å². The summed E-state index contributed by atoms with van der Waals surface area (Å²) in [6.45, 7) is 6.32. The Labute approximate surface area is 182 Å². The van der Waals surface area contributed by atoms with Crippen LogP contribution in [0.15, 0.2) is 54.7 Å². The molecule has 0 saturated carbocycles. The third-order valence-electron chi connectivity index (χ3n) is 5.74. The topological polar surface area (TPSA) is 59.8 Å². The van der Waals surface area contributed by atoms with E-state index in [9.17, 15) is 4.79 Å². The van der Waals surface area contributed by atoms with Gasteiger partial charge in [-0.1, -0.05) is 31.2 Å². The minimum absolute atomic E-state index is 0.0461. The SMILES string of the molecule is CCN1CCN(C(=O)c2nn(-c3ccccc3)cc2-c2ccc(OC)c(OC)c2)CC1. The zero-order chi connectivity index (χ0) is 21.8. The van der Waals surface area contributed by atoms with E-state index in [0.717, 1.165) is 36.4 Å². The largest absolute Gasteiger partial charge is 0.493 e. The van der Waals surface area contributed by atoms with Gasteiger partial charge in [0, 0.05) is 37.9 Å². The van der Waals surface area contributed by atoms with E-state index in [1.165, 1.54) is 0 Å². The summed E-state index contributed by atoms with van der Waals surface area (Å²) in [5.74, 6) is 1.21. The van der Waals surface area contributed by atoms with Crippen molar-refractivity contribution in [3.63, 3.8) is 0 Å². The number of hydrogen-bond acceptors (Lipinski definition) is 5. The molecule has 162 valence electrons. The van der Waals surface area contributed by atoms with Gasteiger partial charge in [-0.05, 0) is 36.4 Å². The zero-order valence-electron chi connectivity index (χ0n) is 18.2. The number of ether oxygens (including phenoxy) is 2. The highest BCUT2D eigenvalue weighted by molar-refractivity contribution is 5.99. The van der Waals surface area contributed by atoms with Crippen LogP contribution >= 0.6 is 0 Å². The Hall–Kier alpha value is -3.32. The summed E-state index contributed by atoms with van der Waals surface area (Å²) in [6, 6.07) is 15.5. The summed E-state index contributed by atoms with van der Waals surface area (Å²) < 4.78 is 12.6. The fourth-order valence-electron chi connectivity index (χ4n) is 3.88. The van der Waals surface area contributed by atoms with Crippen LogP contribution < -0.4 is 9.47 Å². The Kier molecular flexibility index (Phi) is 6.23. The van der Waals surface area contributed by atoms with Crippen LogP contribution in [0.25, 0.3) is 16.8 Å². The molecule has 1 aliphatic heterocycles. The Balaban J connectivity index is 1.75. The second-order valence-electron chi connectivity index (χ2n) is 7.47. The molecule has 0 unspecified atom stereocenters. The van der Waals surface area contributed by atoms with Crippen LogP contribution in [0.1, 0.15) is 17.4 Å². The van der Waals surface area contributed by atoms with Crippen molar-refractivity contribution in [2.75, 3.05) is 46.9 Å². The van der Waals surface area contributed by atoms with Crippen molar-refractivity contribution >= 4 is 5.91 Å². The first-order valence-electron chi connectivity index (χ1n) is 10.5. The number of para-hydroxylation sites is 1. The van der Waals surface area contributed by atoms with E-state index in [1.54, 1.807) is 18.9 Å². The van der Waals surface area contributed by atoms with Crippen molar-refractivity contribution in [2.45, 2.75) is 6.92 Å². The first-order valence-corrected chi connectivity index (χ1v) is 10.5. The minimum Gasteiger partial charge on any atom is -0.493 e. The van der Waals surface area contributed by atoms with E-state index in [0.29, 0.717) is 30.3 Å². The molecule has 3 aromatic rings. The van der Waals surface area contributed by atoms with Gasteiger partial charge in [-0.15, -0.1) is 0 Å². The summed E-state index contributed by atoms with van der Waals surface area (Å²) in [5.41, 5.74) is 2.98. The lowest BCUT2D eigenvalue weighted by atomic mass is 10.0. The van der Waals surface area contributed by atoms with Crippen molar-refractivity contribution in [3.8, 4) is 28.3 Å². The molecule has 4 rings (SSSR count). The van der Waals surface area contributed by atoms with Crippen LogP contribution in [0, 0.1) is 0 Å². The highest BCUT2D eigenvalue weighted by atomic mass is 16.5. The maximum Gasteiger partial charge on any atom is 0.275 e. The lowest BCUT2D eigenvalue weighted by molar-refractivity contribution is 0.0638. The molecule has 0 atom stereocenters. The van der Waals surface area contributed by atoms with Gasteiger partial charge in [-0.3, -0.25) is 4.79 Å². The van der Waals surface area contributed by atoms with Crippen molar-refractivity contribution < 1.29 is 14.3 Å². The number of benzene rings is 2. The second-order valence-corrected chi connectivity index (χ2v) is 7.47. The van der Waals surface area contributed by atoms with E-state index >= 15 is 0 Å². The lowest BCUT2D eigenvalue weighted by Gasteiger charge is -2.33. The Morgan fingerprint density at radius 1 is 0.968 bits per heavy atom. The van der Waals surface area contributed by atoms with Crippen molar-refractivity contribution in [1.29, 1.82) is 0 Å². The highest BCUT2D eigenvalue weighted by Crippen LogP contribution is 2.34. The predicted molar refractivity (Wildman–Crippen MR) is 120 cm³/mol. The molecule has 0 spiro atoms. The molecule has 7 heteroatoms. The van der Waals surface area contributed by atoms with Gasteiger partial charge in [0.05, 0.1) is 19.9 Å². The van der Waals surface area contributed by atoms with Crippen LogP contribution in [-0.4, -0.2) is 72.4 Å². The van der Waals surface area contributed by atoms with Gasteiger partial charge in [0.1, 0.15) is 0 Å². The number of carbonyl (C=O) groups excluding carboxylic acids is 1. The monoisotopic (exact) mass is 420 g/mol. The molecule has 1 fully saturated rings. The molecule has 1 aromatic heterocycles. The molecule has 1 saturated heterocycles. The molecule has 2 aromatic carbocycles. The van der Waals surface area contributed by atoms with E-state index in [2.05, 4.69) is 11.8 Å². The van der Waals surface area contributed by atoms with Gasteiger partial charge in [-0.25, -0.2) is 4.68 Å². The van der Waals surface area contributed by atoms with E-state index in [1.807, 2.05) is 59.6 Å². The fourth-order valence-corrected chi connectivity index (χ4v) is 3.88. The van der Waals surface area contributed by atoms with Gasteiger partial charge in [0.15, 0.2) is 17.2 Å². The summed E-state index contributed by atoms with van der Waals surface area (Å²) in [7, 11) is 3.21. The number of likely N-dealkylation sites (N-methyl/N-ethyl adjacent to an activating group) is 1. The number of amides is 1. The zero-order valence-corrected chi connectivity index (χ0v) is 18.2. The van der Waals surface area contributed by atoms with Gasteiger partial charge < -0.3 is 19.3 Å². The highest BCUT2D eigenvalue weighted by Gasteiger charge is 2.27. The van der Waals surface area contributed by atoms with E-state index < -0.39 is 0 Å². The number of rotatable bonds is 6. The van der Waals surface area contributed by atoms with Gasteiger partial charge in [-0.2, -0.15) is 5.10 Å². The smallest absolute Gasteiger partial charge is 0.275 e. The normalized spacial score (nSPS) is 14.5. The maximum absolute atomic E-state index is 13.5. The third-order valence-corrected chi connectivity index (χ3v) is 5.74. The molecule has 0 N–H and O–H groups in total. The van der Waals surface area contributed by atoms with Crippen molar-refractivity contribution in [2.24, 2.45) is 0 Å². The van der Waals surface area contributed by atoms with Gasteiger partial charge in [0.2, 0.25) is 0 Å². The van der Waals surface area contributed by atoms with Crippen LogP contribution in [0.2, 0.25) is 0 Å². The number of hydrogen-bond donors (Lipinski definition) is 0. The predicted octanol–water partition coefficient (Wildman–Crippen LogP) is 3.33. The fraction of sp³-hybridized carbons (Fsp3) is 0.333. The molecule has 7 nitrogen and oxygen atoms in total. The summed E-state index contributed by atoms with van der Waals surface area (Å²) >= 11 is 0. The minimum atomic E-state index is -0.0461. The summed E-state index contributed by atoms with van der Waals surface area (Å²) in [5, 5.41) is 4.71. The summed E-state index contributed by atoms with van der Waals surface area (Å²) in [4.78, 5) is 17.7. The molecule has 1 amide bonds. The summed E-state index contributed by atoms with van der Waals surface area (Å²) in [6.07, 6.45) is 1.91. The van der Waals surface area contributed by atoms with Crippen molar-refractivity contribution in [3.05, 3.63) is 60.4 Å². The Morgan fingerprint density at radius 2 is 1.68 bits per heavy atom. The van der Waals surface area contributed by atoms with Crippen LogP contribution in [0.3, 0.4) is 0 Å². The molecular weight excluding hydrogens is 392 g/mol. The van der Waals surface area contributed by atoms with Gasteiger partial charge in [0.25, 0.3) is 5.91 Å². The van der Waals surface area contributed by atoms with Gasteiger partial charge >= 0.3 is 0 Å². The average Bonchev–Trinajstić information content (AvgIpc) is 3.29. The quantitative estimate of drug-likeness (QED) is 0.612. The molecule has 0 aliphatic carbocycles. The van der Waals surface area contributed by atoms with Crippen LogP contribution in [-0.2, 0) is 0 Å². The molecular formula is C24H28N4O3. The maximum atomic E-state index is 13.5. The number of nitrogens with zero attached hydrogens (tertiary/aromatic N) is 4. The van der Waals surface area contributed by atoms with E-state index in [-0.39, 0.29) is 5.91 Å².